The maximum atomic E-state index is 11.5. The molecule has 0 radical (unpaired) electrons. The van der Waals surface area contributed by atoms with Gasteiger partial charge in [-0.25, -0.2) is 0 Å². The fourth-order valence-corrected chi connectivity index (χ4v) is 1.99. The van der Waals surface area contributed by atoms with E-state index in [9.17, 15) is 4.79 Å². The number of rotatable bonds is 12. The number of hydrogen-bond acceptors (Lipinski definition) is 2. The zero-order chi connectivity index (χ0) is 13.6. The van der Waals surface area contributed by atoms with E-state index in [0.717, 1.165) is 12.8 Å². The Morgan fingerprint density at radius 1 is 1.11 bits per heavy atom. The first-order valence-electron chi connectivity index (χ1n) is 7.49. The van der Waals surface area contributed by atoms with Gasteiger partial charge in [0.1, 0.15) is 6.61 Å². The third-order valence-corrected chi connectivity index (χ3v) is 3.24. The lowest BCUT2D eigenvalue weighted by molar-refractivity contribution is -0.146. The van der Waals surface area contributed by atoms with Crippen molar-refractivity contribution < 1.29 is 9.53 Å². The van der Waals surface area contributed by atoms with E-state index in [0.29, 0.717) is 6.61 Å². The largest absolute Gasteiger partial charge is 0.461 e. The van der Waals surface area contributed by atoms with Crippen molar-refractivity contribution >= 4 is 5.97 Å². The molecule has 2 heteroatoms. The summed E-state index contributed by atoms with van der Waals surface area (Å²) in [4.78, 5) is 11.5. The van der Waals surface area contributed by atoms with Gasteiger partial charge in [0.15, 0.2) is 0 Å². The summed E-state index contributed by atoms with van der Waals surface area (Å²) in [5, 5.41) is 0. The van der Waals surface area contributed by atoms with Crippen LogP contribution in [-0.2, 0) is 9.53 Å². The van der Waals surface area contributed by atoms with E-state index in [1.165, 1.54) is 44.9 Å². The van der Waals surface area contributed by atoms with Gasteiger partial charge < -0.3 is 4.74 Å². The summed E-state index contributed by atoms with van der Waals surface area (Å²) in [7, 11) is 0. The SMILES string of the molecule is C=CCOC(=O)C(C)CCCCCCCCCC. The summed E-state index contributed by atoms with van der Waals surface area (Å²) in [6.45, 7) is 8.06. The smallest absolute Gasteiger partial charge is 0.308 e. The molecular formula is C16H30O2. The van der Waals surface area contributed by atoms with Crippen LogP contribution < -0.4 is 0 Å². The number of carbonyl (C=O) groups is 1. The fourth-order valence-electron chi connectivity index (χ4n) is 1.99. The number of ether oxygens (including phenoxy) is 1. The van der Waals surface area contributed by atoms with Crippen molar-refractivity contribution in [1.29, 1.82) is 0 Å². The summed E-state index contributed by atoms with van der Waals surface area (Å²) in [5.74, 6) is -0.0529. The van der Waals surface area contributed by atoms with E-state index in [1.807, 2.05) is 6.92 Å². The van der Waals surface area contributed by atoms with Gasteiger partial charge in [-0.1, -0.05) is 77.9 Å². The zero-order valence-electron chi connectivity index (χ0n) is 12.2. The summed E-state index contributed by atoms with van der Waals surface area (Å²) in [6.07, 6.45) is 13.0. The molecule has 1 atom stereocenters. The van der Waals surface area contributed by atoms with E-state index < -0.39 is 0 Å². The van der Waals surface area contributed by atoms with Gasteiger partial charge in [0.25, 0.3) is 0 Å². The van der Waals surface area contributed by atoms with Gasteiger partial charge >= 0.3 is 5.97 Å². The lowest BCUT2D eigenvalue weighted by Crippen LogP contribution is -2.14. The van der Waals surface area contributed by atoms with Crippen molar-refractivity contribution in [2.24, 2.45) is 5.92 Å². The van der Waals surface area contributed by atoms with Crippen LogP contribution in [0.2, 0.25) is 0 Å². The van der Waals surface area contributed by atoms with Crippen molar-refractivity contribution in [3.05, 3.63) is 12.7 Å². The van der Waals surface area contributed by atoms with E-state index in [4.69, 9.17) is 4.74 Å². The molecule has 0 spiro atoms. The molecule has 1 unspecified atom stereocenters. The molecule has 0 bridgehead atoms. The minimum absolute atomic E-state index is 0.0324. The zero-order valence-corrected chi connectivity index (χ0v) is 12.2. The third kappa shape index (κ3) is 10.4. The standard InChI is InChI=1S/C16H30O2/c1-4-6-7-8-9-10-11-12-13-15(3)16(17)18-14-5-2/h5,15H,2,4,6-14H2,1,3H3. The van der Waals surface area contributed by atoms with Crippen molar-refractivity contribution in [2.45, 2.75) is 71.6 Å². The minimum Gasteiger partial charge on any atom is -0.461 e. The van der Waals surface area contributed by atoms with Crippen LogP contribution in [0.3, 0.4) is 0 Å². The fraction of sp³-hybridized carbons (Fsp3) is 0.812. The second-order valence-electron chi connectivity index (χ2n) is 5.08. The quantitative estimate of drug-likeness (QED) is 0.282. The average molecular weight is 254 g/mol. The average Bonchev–Trinajstić information content (AvgIpc) is 2.38. The highest BCUT2D eigenvalue weighted by Gasteiger charge is 2.12. The first-order chi connectivity index (χ1) is 8.72. The highest BCUT2D eigenvalue weighted by molar-refractivity contribution is 5.71. The number of unbranched alkanes of at least 4 members (excludes halogenated alkanes) is 7. The molecule has 0 saturated carbocycles. The Balaban J connectivity index is 3.31. The molecule has 18 heavy (non-hydrogen) atoms. The Bertz CT molecular complexity index is 211. The Morgan fingerprint density at radius 2 is 1.67 bits per heavy atom. The van der Waals surface area contributed by atoms with E-state index >= 15 is 0 Å². The lowest BCUT2D eigenvalue weighted by atomic mass is 10.0. The number of esters is 1. The molecular weight excluding hydrogens is 224 g/mol. The van der Waals surface area contributed by atoms with E-state index in [-0.39, 0.29) is 11.9 Å². The Morgan fingerprint density at radius 3 is 2.22 bits per heavy atom. The van der Waals surface area contributed by atoms with Crippen LogP contribution in [0, 0.1) is 5.92 Å². The molecule has 0 amide bonds. The molecule has 0 saturated heterocycles. The Labute approximate surface area is 113 Å². The van der Waals surface area contributed by atoms with Gasteiger partial charge in [0.2, 0.25) is 0 Å². The van der Waals surface area contributed by atoms with Gasteiger partial charge in [0, 0.05) is 0 Å². The van der Waals surface area contributed by atoms with E-state index in [1.54, 1.807) is 6.08 Å². The van der Waals surface area contributed by atoms with Crippen LogP contribution >= 0.6 is 0 Å². The molecule has 2 nitrogen and oxygen atoms in total. The lowest BCUT2D eigenvalue weighted by Gasteiger charge is -2.10. The summed E-state index contributed by atoms with van der Waals surface area (Å²) in [6, 6.07) is 0. The van der Waals surface area contributed by atoms with Gasteiger partial charge in [-0.05, 0) is 6.42 Å². The minimum atomic E-state index is -0.0853. The summed E-state index contributed by atoms with van der Waals surface area (Å²) in [5.41, 5.74) is 0. The highest BCUT2D eigenvalue weighted by atomic mass is 16.5. The first-order valence-corrected chi connectivity index (χ1v) is 7.49. The van der Waals surface area contributed by atoms with Crippen molar-refractivity contribution in [2.75, 3.05) is 6.61 Å². The molecule has 0 rings (SSSR count). The van der Waals surface area contributed by atoms with Crippen molar-refractivity contribution in [3.63, 3.8) is 0 Å². The molecule has 0 aromatic carbocycles. The second-order valence-corrected chi connectivity index (χ2v) is 5.08. The summed E-state index contributed by atoms with van der Waals surface area (Å²) >= 11 is 0. The topological polar surface area (TPSA) is 26.3 Å². The van der Waals surface area contributed by atoms with Crippen molar-refractivity contribution in [3.8, 4) is 0 Å². The molecule has 0 fully saturated rings. The van der Waals surface area contributed by atoms with Crippen molar-refractivity contribution in [1.82, 2.24) is 0 Å². The maximum Gasteiger partial charge on any atom is 0.308 e. The van der Waals surface area contributed by atoms with Gasteiger partial charge in [-0.15, -0.1) is 0 Å². The monoisotopic (exact) mass is 254 g/mol. The maximum absolute atomic E-state index is 11.5. The molecule has 0 aliphatic heterocycles. The van der Waals surface area contributed by atoms with Crippen LogP contribution in [0.5, 0.6) is 0 Å². The van der Waals surface area contributed by atoms with Gasteiger partial charge in [-0.2, -0.15) is 0 Å². The molecule has 0 aliphatic rings. The van der Waals surface area contributed by atoms with Gasteiger partial charge in [0.05, 0.1) is 5.92 Å². The molecule has 0 aliphatic carbocycles. The summed E-state index contributed by atoms with van der Waals surface area (Å²) < 4.78 is 5.02. The van der Waals surface area contributed by atoms with Gasteiger partial charge in [-0.3, -0.25) is 4.79 Å². The van der Waals surface area contributed by atoms with E-state index in [2.05, 4.69) is 13.5 Å². The predicted molar refractivity (Wildman–Crippen MR) is 77.5 cm³/mol. The molecule has 0 aromatic heterocycles. The Kier molecular flexibility index (Phi) is 12.1. The number of hydrogen-bond donors (Lipinski definition) is 0. The molecule has 0 N–H and O–H groups in total. The highest BCUT2D eigenvalue weighted by Crippen LogP contribution is 2.14. The molecule has 0 aromatic rings. The second kappa shape index (κ2) is 12.7. The third-order valence-electron chi connectivity index (χ3n) is 3.24. The van der Waals surface area contributed by atoms with Crippen LogP contribution in [-0.4, -0.2) is 12.6 Å². The predicted octanol–water partition coefficient (Wildman–Crippen LogP) is 4.88. The van der Waals surface area contributed by atoms with Crippen LogP contribution in [0.25, 0.3) is 0 Å². The van der Waals surface area contributed by atoms with Crippen LogP contribution in [0.1, 0.15) is 71.6 Å². The first kappa shape index (κ1) is 17.2. The Hall–Kier alpha value is -0.790. The number of carbonyl (C=O) groups excluding carboxylic acids is 1. The van der Waals surface area contributed by atoms with Crippen LogP contribution in [0.4, 0.5) is 0 Å². The molecule has 0 heterocycles. The molecule has 106 valence electrons. The normalized spacial score (nSPS) is 12.1. The van der Waals surface area contributed by atoms with Crippen LogP contribution in [0.15, 0.2) is 12.7 Å².